The molecule has 2 aliphatic heterocycles. The molecule has 3 aromatic rings. The molecule has 166 valence electrons. The normalized spacial score (nSPS) is 18.4. The Balaban J connectivity index is 1.36. The molecule has 3 heterocycles. The predicted molar refractivity (Wildman–Crippen MR) is 121 cm³/mol. The van der Waals surface area contributed by atoms with Crippen molar-refractivity contribution in [3.05, 3.63) is 48.4 Å². The number of hydrogen-bond donors (Lipinski definition) is 1. The summed E-state index contributed by atoms with van der Waals surface area (Å²) in [6, 6.07) is 10.9. The summed E-state index contributed by atoms with van der Waals surface area (Å²) in [6.07, 6.45) is 4.81. The molecule has 1 aromatic heterocycles. The number of fused-ring (bicyclic) bond motifs is 1. The second kappa shape index (κ2) is 8.61. The smallest absolute Gasteiger partial charge is 0.320 e. The van der Waals surface area contributed by atoms with E-state index in [0.29, 0.717) is 12.5 Å². The van der Waals surface area contributed by atoms with E-state index in [1.54, 1.807) is 12.3 Å². The van der Waals surface area contributed by atoms with E-state index in [1.807, 2.05) is 34.1 Å². The fourth-order valence-electron chi connectivity index (χ4n) is 4.54. The first-order valence-corrected chi connectivity index (χ1v) is 11.0. The van der Waals surface area contributed by atoms with Crippen molar-refractivity contribution in [1.82, 2.24) is 19.8 Å². The van der Waals surface area contributed by atoms with Gasteiger partial charge in [0.15, 0.2) is 11.6 Å². The van der Waals surface area contributed by atoms with Gasteiger partial charge in [0, 0.05) is 49.4 Å². The Kier molecular flexibility index (Phi) is 5.51. The highest BCUT2D eigenvalue weighted by Gasteiger charge is 2.30. The van der Waals surface area contributed by atoms with E-state index in [4.69, 9.17) is 9.72 Å². The number of methoxy groups -OCH3 is 1. The molecule has 1 unspecified atom stereocenters. The van der Waals surface area contributed by atoms with Gasteiger partial charge in [-0.15, -0.1) is 0 Å². The van der Waals surface area contributed by atoms with Crippen LogP contribution in [0.4, 0.5) is 15.1 Å². The third-order valence-electron chi connectivity index (χ3n) is 6.24. The summed E-state index contributed by atoms with van der Waals surface area (Å²) in [5.41, 5.74) is 2.30. The Morgan fingerprint density at radius 3 is 2.78 bits per heavy atom. The van der Waals surface area contributed by atoms with Gasteiger partial charge in [0.05, 0.1) is 12.6 Å². The number of aromatic nitrogens is 2. The van der Waals surface area contributed by atoms with Crippen LogP contribution in [-0.2, 0) is 0 Å². The van der Waals surface area contributed by atoms with Crippen LogP contribution >= 0.6 is 0 Å². The van der Waals surface area contributed by atoms with Gasteiger partial charge >= 0.3 is 6.03 Å². The maximum Gasteiger partial charge on any atom is 0.320 e. The Morgan fingerprint density at radius 1 is 1.16 bits per heavy atom. The van der Waals surface area contributed by atoms with E-state index >= 15 is 0 Å². The van der Waals surface area contributed by atoms with Crippen molar-refractivity contribution >= 4 is 22.9 Å². The Bertz CT molecular complexity index is 1150. The van der Waals surface area contributed by atoms with Crippen molar-refractivity contribution in [2.75, 3.05) is 38.6 Å². The van der Waals surface area contributed by atoms with Crippen LogP contribution in [0.1, 0.15) is 19.3 Å². The molecule has 0 saturated carbocycles. The minimum absolute atomic E-state index is 0.101. The molecule has 1 atom stereocenters. The van der Waals surface area contributed by atoms with Gasteiger partial charge in [-0.1, -0.05) is 24.3 Å². The average molecular weight is 436 g/mol. The number of ether oxygens (including phenoxy) is 1. The molecular weight excluding hydrogens is 409 g/mol. The molecule has 0 bridgehead atoms. The highest BCUT2D eigenvalue weighted by Crippen LogP contribution is 2.31. The van der Waals surface area contributed by atoms with Gasteiger partial charge in [-0.05, 0) is 37.0 Å². The van der Waals surface area contributed by atoms with E-state index < -0.39 is 5.82 Å². The van der Waals surface area contributed by atoms with Gasteiger partial charge < -0.3 is 19.9 Å². The molecule has 2 fully saturated rings. The van der Waals surface area contributed by atoms with Gasteiger partial charge in [-0.2, -0.15) is 0 Å². The number of nitrogens with zero attached hydrogens (tertiary/aromatic N) is 4. The predicted octanol–water partition coefficient (Wildman–Crippen LogP) is 4.15. The number of nitrogens with one attached hydrogen (secondary N) is 1. The zero-order chi connectivity index (χ0) is 22.1. The molecule has 0 spiro atoms. The number of benzene rings is 2. The maximum atomic E-state index is 14.3. The summed E-state index contributed by atoms with van der Waals surface area (Å²) in [5, 5.41) is 4.26. The zero-order valence-corrected chi connectivity index (χ0v) is 18.1. The van der Waals surface area contributed by atoms with Crippen LogP contribution in [-0.4, -0.2) is 65.1 Å². The van der Waals surface area contributed by atoms with Crippen LogP contribution < -0.4 is 10.1 Å². The molecule has 0 aliphatic carbocycles. The van der Waals surface area contributed by atoms with E-state index in [-0.39, 0.29) is 17.8 Å². The quantitative estimate of drug-likeness (QED) is 0.667. The number of para-hydroxylation sites is 1. The lowest BCUT2D eigenvalue weighted by Crippen LogP contribution is -2.41. The number of hydrogen-bond acceptors (Lipinski definition) is 5. The Hall–Kier alpha value is -3.42. The van der Waals surface area contributed by atoms with Crippen molar-refractivity contribution in [3.63, 3.8) is 0 Å². The second-order valence-corrected chi connectivity index (χ2v) is 8.34. The summed E-state index contributed by atoms with van der Waals surface area (Å²) in [7, 11) is 1.45. The fraction of sp³-hybridized carbons (Fsp3) is 0.375. The lowest BCUT2D eigenvalue weighted by molar-refractivity contribution is 0.172. The SMILES string of the molecule is COc1ccc(-c2cccc3cnc(NC4CCN(C(=O)N5CCCC5)C4)nc23)cc1F. The number of urea groups is 1. The molecule has 7 nitrogen and oxygen atoms in total. The van der Waals surface area contributed by atoms with Crippen molar-refractivity contribution in [3.8, 4) is 16.9 Å². The van der Waals surface area contributed by atoms with Crippen LogP contribution in [0.3, 0.4) is 0 Å². The maximum absolute atomic E-state index is 14.3. The number of halogens is 1. The van der Waals surface area contributed by atoms with E-state index in [0.717, 1.165) is 60.9 Å². The van der Waals surface area contributed by atoms with Crippen molar-refractivity contribution in [2.24, 2.45) is 0 Å². The van der Waals surface area contributed by atoms with E-state index in [9.17, 15) is 9.18 Å². The molecule has 2 aliphatic rings. The summed E-state index contributed by atoms with van der Waals surface area (Å²) in [6.45, 7) is 3.09. The summed E-state index contributed by atoms with van der Waals surface area (Å²) >= 11 is 0. The van der Waals surface area contributed by atoms with Crippen LogP contribution in [0, 0.1) is 5.82 Å². The first-order valence-electron chi connectivity index (χ1n) is 11.0. The molecule has 2 aromatic carbocycles. The van der Waals surface area contributed by atoms with Crippen molar-refractivity contribution < 1.29 is 13.9 Å². The van der Waals surface area contributed by atoms with Crippen LogP contribution in [0.5, 0.6) is 5.75 Å². The van der Waals surface area contributed by atoms with Gasteiger partial charge in [0.2, 0.25) is 5.95 Å². The molecule has 8 heteroatoms. The van der Waals surface area contributed by atoms with Crippen LogP contribution in [0.25, 0.3) is 22.0 Å². The van der Waals surface area contributed by atoms with Crippen LogP contribution in [0.15, 0.2) is 42.6 Å². The molecule has 2 saturated heterocycles. The monoisotopic (exact) mass is 435 g/mol. The molecule has 5 rings (SSSR count). The van der Waals surface area contributed by atoms with Gasteiger partial charge in [0.1, 0.15) is 0 Å². The fourth-order valence-corrected chi connectivity index (χ4v) is 4.54. The topological polar surface area (TPSA) is 70.6 Å². The minimum Gasteiger partial charge on any atom is -0.494 e. The van der Waals surface area contributed by atoms with Gasteiger partial charge in [-0.3, -0.25) is 0 Å². The van der Waals surface area contributed by atoms with Gasteiger partial charge in [-0.25, -0.2) is 19.2 Å². The average Bonchev–Trinajstić information content (AvgIpc) is 3.51. The van der Waals surface area contributed by atoms with Crippen LogP contribution in [0.2, 0.25) is 0 Å². The Morgan fingerprint density at radius 2 is 2.00 bits per heavy atom. The van der Waals surface area contributed by atoms with Crippen molar-refractivity contribution in [2.45, 2.75) is 25.3 Å². The number of amides is 2. The number of likely N-dealkylation sites (tertiary alicyclic amines) is 2. The third kappa shape index (κ3) is 3.92. The molecule has 2 amide bonds. The summed E-state index contributed by atoms with van der Waals surface area (Å²) in [4.78, 5) is 25.7. The zero-order valence-electron chi connectivity index (χ0n) is 18.1. The number of rotatable bonds is 4. The molecular formula is C24H26FN5O2. The highest BCUT2D eigenvalue weighted by molar-refractivity contribution is 5.93. The first kappa shape index (κ1) is 20.5. The van der Waals surface area contributed by atoms with Gasteiger partial charge in [0.25, 0.3) is 0 Å². The lowest BCUT2D eigenvalue weighted by atomic mass is 10.0. The third-order valence-corrected chi connectivity index (χ3v) is 6.24. The first-order chi connectivity index (χ1) is 15.6. The number of carbonyl (C=O) groups is 1. The number of carbonyl (C=O) groups excluding carboxylic acids is 1. The standard InChI is InChI=1S/C24H26FN5O2/c1-32-21-8-7-16(13-20(21)25)19-6-4-5-17-14-26-23(28-22(17)19)27-18-9-12-30(15-18)24(31)29-10-2-3-11-29/h4-8,13-14,18H,2-3,9-12,15H2,1H3,(H,26,27,28). The summed E-state index contributed by atoms with van der Waals surface area (Å²) < 4.78 is 19.3. The molecule has 32 heavy (non-hydrogen) atoms. The van der Waals surface area contributed by atoms with E-state index in [1.165, 1.54) is 13.2 Å². The van der Waals surface area contributed by atoms with E-state index in [2.05, 4.69) is 10.3 Å². The highest BCUT2D eigenvalue weighted by atomic mass is 19.1. The second-order valence-electron chi connectivity index (χ2n) is 8.34. The molecule has 1 N–H and O–H groups in total. The minimum atomic E-state index is -0.414. The number of anilines is 1. The molecule has 0 radical (unpaired) electrons. The van der Waals surface area contributed by atoms with Crippen molar-refractivity contribution in [1.29, 1.82) is 0 Å². The largest absolute Gasteiger partial charge is 0.494 e. The summed E-state index contributed by atoms with van der Waals surface area (Å²) in [5.74, 6) is 0.308. The lowest BCUT2D eigenvalue weighted by Gasteiger charge is -2.24. The Labute approximate surface area is 186 Å².